The largest absolute Gasteiger partial charge is 0.484 e. The first-order valence-electron chi connectivity index (χ1n) is 8.72. The number of fused-ring (bicyclic) bond motifs is 1. The highest BCUT2D eigenvalue weighted by Crippen LogP contribution is 2.40. The van der Waals surface area contributed by atoms with Crippen LogP contribution in [0, 0.1) is 5.92 Å². The summed E-state index contributed by atoms with van der Waals surface area (Å²) in [6, 6.07) is 6.57. The second-order valence-electron chi connectivity index (χ2n) is 6.57. The standard InChI is InChI=1S/C20H21NO5S/c1-12-6-7-15-16(8-12)27-19(18(15)20(24)25-2)21-17(23)11-26-14-5-3-4-13(9-14)10-22/h3-5,9-10,12H,6-8,11H2,1-2H3,(H,21,23)/t12-/m0/s1. The Hall–Kier alpha value is -2.67. The van der Waals surface area contributed by atoms with Crippen LogP contribution in [0.4, 0.5) is 5.00 Å². The Morgan fingerprint density at radius 1 is 1.37 bits per heavy atom. The van der Waals surface area contributed by atoms with Gasteiger partial charge in [-0.15, -0.1) is 11.3 Å². The van der Waals surface area contributed by atoms with E-state index >= 15 is 0 Å². The van der Waals surface area contributed by atoms with Crippen molar-refractivity contribution in [3.63, 3.8) is 0 Å². The lowest BCUT2D eigenvalue weighted by Crippen LogP contribution is -2.21. The predicted octanol–water partition coefficient (Wildman–Crippen LogP) is 3.49. The summed E-state index contributed by atoms with van der Waals surface area (Å²) in [5, 5.41) is 3.29. The van der Waals surface area contributed by atoms with E-state index < -0.39 is 5.97 Å². The third-order valence-corrected chi connectivity index (χ3v) is 5.69. The molecule has 1 aromatic carbocycles. The first-order valence-corrected chi connectivity index (χ1v) is 9.54. The van der Waals surface area contributed by atoms with Crippen molar-refractivity contribution < 1.29 is 23.9 Å². The fourth-order valence-corrected chi connectivity index (χ4v) is 4.56. The van der Waals surface area contributed by atoms with Crippen LogP contribution in [0.25, 0.3) is 0 Å². The number of nitrogens with one attached hydrogen (secondary N) is 1. The Morgan fingerprint density at radius 2 is 2.19 bits per heavy atom. The number of hydrogen-bond donors (Lipinski definition) is 1. The van der Waals surface area contributed by atoms with Gasteiger partial charge in [-0.1, -0.05) is 19.1 Å². The van der Waals surface area contributed by atoms with Gasteiger partial charge in [0.15, 0.2) is 6.61 Å². The third kappa shape index (κ3) is 4.36. The molecule has 1 heterocycles. The average molecular weight is 387 g/mol. The van der Waals surface area contributed by atoms with Crippen molar-refractivity contribution in [3.8, 4) is 5.75 Å². The molecule has 1 atom stereocenters. The van der Waals surface area contributed by atoms with Gasteiger partial charge in [0.2, 0.25) is 0 Å². The highest BCUT2D eigenvalue weighted by Gasteiger charge is 2.28. The predicted molar refractivity (Wildman–Crippen MR) is 103 cm³/mol. The molecule has 1 amide bonds. The van der Waals surface area contributed by atoms with Crippen LogP contribution in [0.3, 0.4) is 0 Å². The van der Waals surface area contributed by atoms with Crippen molar-refractivity contribution in [2.75, 3.05) is 19.0 Å². The molecule has 142 valence electrons. The van der Waals surface area contributed by atoms with E-state index in [1.165, 1.54) is 18.4 Å². The van der Waals surface area contributed by atoms with Gasteiger partial charge < -0.3 is 14.8 Å². The molecule has 0 saturated carbocycles. The molecule has 0 radical (unpaired) electrons. The fourth-order valence-electron chi connectivity index (χ4n) is 3.15. The van der Waals surface area contributed by atoms with Crippen molar-refractivity contribution in [1.29, 1.82) is 0 Å². The van der Waals surface area contributed by atoms with Gasteiger partial charge in [0, 0.05) is 10.4 Å². The highest BCUT2D eigenvalue weighted by atomic mass is 32.1. The summed E-state index contributed by atoms with van der Waals surface area (Å²) < 4.78 is 10.4. The molecule has 1 aliphatic rings. The van der Waals surface area contributed by atoms with Crippen molar-refractivity contribution in [1.82, 2.24) is 0 Å². The number of carbonyl (C=O) groups is 3. The molecule has 0 bridgehead atoms. The molecule has 1 N–H and O–H groups in total. The SMILES string of the molecule is COC(=O)c1c(NC(=O)COc2cccc(C=O)c2)sc2c1CC[C@H](C)C2. The second-order valence-corrected chi connectivity index (χ2v) is 7.68. The average Bonchev–Trinajstić information content (AvgIpc) is 3.02. The monoisotopic (exact) mass is 387 g/mol. The van der Waals surface area contributed by atoms with E-state index in [0.29, 0.717) is 34.1 Å². The van der Waals surface area contributed by atoms with E-state index in [9.17, 15) is 14.4 Å². The number of methoxy groups -OCH3 is 1. The number of hydrogen-bond acceptors (Lipinski definition) is 6. The first-order chi connectivity index (χ1) is 13.0. The first kappa shape index (κ1) is 19.1. The lowest BCUT2D eigenvalue weighted by Gasteiger charge is -2.18. The summed E-state index contributed by atoms with van der Waals surface area (Å²) in [4.78, 5) is 36.5. The van der Waals surface area contributed by atoms with Gasteiger partial charge in [-0.3, -0.25) is 9.59 Å². The maximum atomic E-state index is 12.3. The summed E-state index contributed by atoms with van der Waals surface area (Å²) in [5.74, 6) is 0.182. The minimum atomic E-state index is -0.433. The quantitative estimate of drug-likeness (QED) is 0.606. The van der Waals surface area contributed by atoms with Crippen molar-refractivity contribution >= 4 is 34.5 Å². The summed E-state index contributed by atoms with van der Waals surface area (Å²) in [6.45, 7) is 1.96. The smallest absolute Gasteiger partial charge is 0.341 e. The van der Waals surface area contributed by atoms with E-state index in [-0.39, 0.29) is 12.5 Å². The molecule has 0 saturated heterocycles. The molecule has 2 aromatic rings. The lowest BCUT2D eigenvalue weighted by atomic mass is 9.88. The highest BCUT2D eigenvalue weighted by molar-refractivity contribution is 7.17. The van der Waals surface area contributed by atoms with Crippen LogP contribution in [0.15, 0.2) is 24.3 Å². The van der Waals surface area contributed by atoms with Gasteiger partial charge in [0.25, 0.3) is 5.91 Å². The molecular weight excluding hydrogens is 366 g/mol. The topological polar surface area (TPSA) is 81.7 Å². The van der Waals surface area contributed by atoms with E-state index in [2.05, 4.69) is 12.2 Å². The van der Waals surface area contributed by atoms with Crippen LogP contribution in [-0.2, 0) is 22.4 Å². The molecule has 0 aliphatic heterocycles. The molecule has 3 rings (SSSR count). The molecule has 7 heteroatoms. The summed E-state index contributed by atoms with van der Waals surface area (Å²) >= 11 is 1.43. The van der Waals surface area contributed by atoms with Crippen LogP contribution < -0.4 is 10.1 Å². The lowest BCUT2D eigenvalue weighted by molar-refractivity contribution is -0.118. The minimum Gasteiger partial charge on any atom is -0.484 e. The van der Waals surface area contributed by atoms with Crippen LogP contribution in [0.1, 0.15) is 44.5 Å². The van der Waals surface area contributed by atoms with E-state index in [1.807, 2.05) is 0 Å². The van der Waals surface area contributed by atoms with Gasteiger partial charge in [0.05, 0.1) is 12.7 Å². The summed E-state index contributed by atoms with van der Waals surface area (Å²) in [7, 11) is 1.34. The molecule has 6 nitrogen and oxygen atoms in total. The van der Waals surface area contributed by atoms with Crippen LogP contribution >= 0.6 is 11.3 Å². The number of aldehydes is 1. The minimum absolute atomic E-state index is 0.220. The molecule has 1 aromatic heterocycles. The van der Waals surface area contributed by atoms with Crippen molar-refractivity contribution in [2.45, 2.75) is 26.2 Å². The van der Waals surface area contributed by atoms with Crippen LogP contribution in [0.5, 0.6) is 5.75 Å². The van der Waals surface area contributed by atoms with Crippen molar-refractivity contribution in [2.24, 2.45) is 5.92 Å². The fraction of sp³-hybridized carbons (Fsp3) is 0.350. The number of carbonyl (C=O) groups excluding carboxylic acids is 3. The molecule has 0 spiro atoms. The Labute approximate surface area is 161 Å². The number of rotatable bonds is 6. The molecule has 1 aliphatic carbocycles. The van der Waals surface area contributed by atoms with Gasteiger partial charge >= 0.3 is 5.97 Å². The Balaban J connectivity index is 1.73. The Morgan fingerprint density at radius 3 is 2.93 bits per heavy atom. The second kappa shape index (κ2) is 8.35. The van der Waals surface area contributed by atoms with Gasteiger partial charge in [-0.05, 0) is 42.9 Å². The summed E-state index contributed by atoms with van der Waals surface area (Å²) in [6.07, 6.45) is 3.43. The number of thiophene rings is 1. The molecular formula is C20H21NO5S. The maximum Gasteiger partial charge on any atom is 0.341 e. The van der Waals surface area contributed by atoms with Gasteiger partial charge in [0.1, 0.15) is 17.0 Å². The van der Waals surface area contributed by atoms with Gasteiger partial charge in [-0.25, -0.2) is 4.79 Å². The zero-order valence-corrected chi connectivity index (χ0v) is 16.1. The number of benzene rings is 1. The zero-order valence-electron chi connectivity index (χ0n) is 15.2. The maximum absolute atomic E-state index is 12.3. The normalized spacial score (nSPS) is 15.6. The zero-order chi connectivity index (χ0) is 19.4. The summed E-state index contributed by atoms with van der Waals surface area (Å²) in [5.41, 5.74) is 1.92. The third-order valence-electron chi connectivity index (χ3n) is 4.52. The number of amides is 1. The van der Waals surface area contributed by atoms with E-state index in [4.69, 9.17) is 9.47 Å². The van der Waals surface area contributed by atoms with E-state index in [0.717, 1.165) is 29.7 Å². The van der Waals surface area contributed by atoms with Crippen LogP contribution in [0.2, 0.25) is 0 Å². The van der Waals surface area contributed by atoms with E-state index in [1.54, 1.807) is 24.3 Å². The van der Waals surface area contributed by atoms with Gasteiger partial charge in [-0.2, -0.15) is 0 Å². The Bertz CT molecular complexity index is 873. The number of anilines is 1. The number of esters is 1. The van der Waals surface area contributed by atoms with Crippen LogP contribution in [-0.4, -0.2) is 31.9 Å². The Kier molecular flexibility index (Phi) is 5.91. The molecule has 27 heavy (non-hydrogen) atoms. The molecule has 0 fully saturated rings. The van der Waals surface area contributed by atoms with Crippen molar-refractivity contribution in [3.05, 3.63) is 45.8 Å². The number of ether oxygens (including phenoxy) is 2. The molecule has 0 unspecified atom stereocenters.